The fourth-order valence-electron chi connectivity index (χ4n) is 2.88. The van der Waals surface area contributed by atoms with E-state index in [0.717, 1.165) is 18.4 Å². The molecule has 4 nitrogen and oxygen atoms in total. The van der Waals surface area contributed by atoms with Crippen molar-refractivity contribution in [2.45, 2.75) is 38.1 Å². The summed E-state index contributed by atoms with van der Waals surface area (Å²) in [6, 6.07) is 0. The number of hydrogen-bond donors (Lipinski definition) is 2. The predicted molar refractivity (Wildman–Crippen MR) is 89.9 cm³/mol. The molecule has 1 rings (SSSR count). The van der Waals surface area contributed by atoms with Crippen LogP contribution in [-0.4, -0.2) is 51.1 Å². The molecular weight excluding hydrogens is 339 g/mol. The Morgan fingerprint density at radius 2 is 2.11 bits per heavy atom. The Labute approximate surface area is 129 Å². The van der Waals surface area contributed by atoms with Crippen molar-refractivity contribution in [1.82, 2.24) is 15.5 Å². The first-order valence-corrected chi connectivity index (χ1v) is 6.60. The molecule has 2 unspecified atom stereocenters. The zero-order valence-electron chi connectivity index (χ0n) is 12.4. The number of likely N-dealkylation sites (N-methyl/N-ethyl adjacent to an activating group) is 1. The molecule has 0 spiro atoms. The number of guanidine groups is 1. The van der Waals surface area contributed by atoms with Gasteiger partial charge in [0.05, 0.1) is 0 Å². The second-order valence-electron chi connectivity index (χ2n) is 5.50. The number of aliphatic imine (C=N–C) groups is 1. The predicted octanol–water partition coefficient (Wildman–Crippen LogP) is 1.91. The number of nitrogens with zero attached hydrogens (tertiary/aromatic N) is 2. The van der Waals surface area contributed by atoms with E-state index in [0.29, 0.717) is 0 Å². The summed E-state index contributed by atoms with van der Waals surface area (Å²) >= 11 is 0. The van der Waals surface area contributed by atoms with Crippen LogP contribution in [0, 0.1) is 5.92 Å². The summed E-state index contributed by atoms with van der Waals surface area (Å²) in [6.07, 6.45) is 5.25. The number of halogens is 1. The van der Waals surface area contributed by atoms with Gasteiger partial charge >= 0.3 is 0 Å². The summed E-state index contributed by atoms with van der Waals surface area (Å²) in [5.74, 6) is 1.70. The molecule has 0 aliphatic heterocycles. The van der Waals surface area contributed by atoms with Crippen molar-refractivity contribution in [3.8, 4) is 0 Å². The molecule has 0 heterocycles. The Kier molecular flexibility index (Phi) is 8.18. The summed E-state index contributed by atoms with van der Waals surface area (Å²) in [6.45, 7) is 3.34. The van der Waals surface area contributed by atoms with Crippen LogP contribution in [0.25, 0.3) is 0 Å². The molecule has 0 saturated heterocycles. The standard InChI is InChI=1S/C13H28N4.HI/c1-11-7-6-8-13(9-11,17(4)5)10-16-12(14-2)15-3;/h11H,6-10H2,1-5H3,(H2,14,15,16);1H. The molecule has 0 bridgehead atoms. The minimum Gasteiger partial charge on any atom is -0.359 e. The van der Waals surface area contributed by atoms with Crippen molar-refractivity contribution in [3.63, 3.8) is 0 Å². The van der Waals surface area contributed by atoms with E-state index in [9.17, 15) is 0 Å². The molecule has 0 aromatic carbocycles. The zero-order chi connectivity index (χ0) is 12.9. The summed E-state index contributed by atoms with van der Waals surface area (Å²) < 4.78 is 0. The molecular formula is C13H29IN4. The third-order valence-corrected chi connectivity index (χ3v) is 4.06. The molecule has 0 aromatic rings. The lowest BCUT2D eigenvalue weighted by Crippen LogP contribution is -2.56. The summed E-state index contributed by atoms with van der Waals surface area (Å²) in [4.78, 5) is 6.56. The van der Waals surface area contributed by atoms with E-state index in [4.69, 9.17) is 0 Å². The van der Waals surface area contributed by atoms with Crippen LogP contribution in [0.4, 0.5) is 0 Å². The molecule has 0 aromatic heterocycles. The van der Waals surface area contributed by atoms with Crippen LogP contribution in [0.1, 0.15) is 32.6 Å². The van der Waals surface area contributed by atoms with Gasteiger partial charge in [0.2, 0.25) is 0 Å². The largest absolute Gasteiger partial charge is 0.359 e. The topological polar surface area (TPSA) is 39.7 Å². The average Bonchev–Trinajstić information content (AvgIpc) is 2.30. The summed E-state index contributed by atoms with van der Waals surface area (Å²) in [5.41, 5.74) is 0.282. The van der Waals surface area contributed by atoms with Crippen LogP contribution in [0.5, 0.6) is 0 Å². The molecule has 1 aliphatic rings. The average molecular weight is 368 g/mol. The molecule has 18 heavy (non-hydrogen) atoms. The van der Waals surface area contributed by atoms with Crippen LogP contribution in [-0.2, 0) is 0 Å². The minimum atomic E-state index is 0. The molecule has 0 amide bonds. The highest BCUT2D eigenvalue weighted by molar-refractivity contribution is 14.0. The van der Waals surface area contributed by atoms with E-state index in [-0.39, 0.29) is 29.5 Å². The molecule has 2 atom stereocenters. The summed E-state index contributed by atoms with van der Waals surface area (Å²) in [7, 11) is 8.11. The number of rotatable bonds is 3. The second-order valence-corrected chi connectivity index (χ2v) is 5.50. The van der Waals surface area contributed by atoms with Crippen LogP contribution in [0.15, 0.2) is 4.99 Å². The van der Waals surface area contributed by atoms with Gasteiger partial charge in [0.25, 0.3) is 0 Å². The first-order chi connectivity index (χ1) is 8.04. The van der Waals surface area contributed by atoms with E-state index >= 15 is 0 Å². The lowest BCUT2D eigenvalue weighted by molar-refractivity contribution is 0.0796. The number of hydrogen-bond acceptors (Lipinski definition) is 2. The second kappa shape index (κ2) is 8.19. The Hall–Kier alpha value is -0.0400. The highest BCUT2D eigenvalue weighted by atomic mass is 127. The van der Waals surface area contributed by atoms with Crippen molar-refractivity contribution in [1.29, 1.82) is 0 Å². The first-order valence-electron chi connectivity index (χ1n) is 6.60. The van der Waals surface area contributed by atoms with Crippen LogP contribution < -0.4 is 10.6 Å². The maximum Gasteiger partial charge on any atom is 0.190 e. The Balaban J connectivity index is 0.00000289. The minimum absolute atomic E-state index is 0. The van der Waals surface area contributed by atoms with Gasteiger partial charge in [-0.1, -0.05) is 19.8 Å². The maximum absolute atomic E-state index is 4.18. The Bertz CT molecular complexity index is 268. The van der Waals surface area contributed by atoms with E-state index in [1.165, 1.54) is 25.7 Å². The van der Waals surface area contributed by atoms with Gasteiger partial charge in [-0.15, -0.1) is 24.0 Å². The fourth-order valence-corrected chi connectivity index (χ4v) is 2.88. The van der Waals surface area contributed by atoms with E-state index in [1.807, 2.05) is 14.1 Å². The monoisotopic (exact) mass is 368 g/mol. The smallest absolute Gasteiger partial charge is 0.190 e. The van der Waals surface area contributed by atoms with Gasteiger partial charge in [-0.25, -0.2) is 0 Å². The molecule has 1 fully saturated rings. The third kappa shape index (κ3) is 4.57. The van der Waals surface area contributed by atoms with Crippen molar-refractivity contribution < 1.29 is 0 Å². The molecule has 5 heteroatoms. The van der Waals surface area contributed by atoms with Gasteiger partial charge in [0, 0.05) is 26.2 Å². The Morgan fingerprint density at radius 1 is 1.44 bits per heavy atom. The molecule has 2 N–H and O–H groups in total. The quantitative estimate of drug-likeness (QED) is 0.454. The third-order valence-electron chi connectivity index (χ3n) is 4.06. The van der Waals surface area contributed by atoms with Crippen LogP contribution >= 0.6 is 24.0 Å². The first kappa shape index (κ1) is 18.0. The lowest BCUT2D eigenvalue weighted by Gasteiger charge is -2.45. The van der Waals surface area contributed by atoms with Crippen LogP contribution in [0.3, 0.4) is 0 Å². The van der Waals surface area contributed by atoms with E-state index < -0.39 is 0 Å². The highest BCUT2D eigenvalue weighted by Crippen LogP contribution is 2.35. The van der Waals surface area contributed by atoms with E-state index in [2.05, 4.69) is 41.5 Å². The SMILES string of the molecule is CN=C(NC)NCC1(N(C)C)CCCC(C)C1.I. The van der Waals surface area contributed by atoms with E-state index in [1.54, 1.807) is 0 Å². The zero-order valence-corrected chi connectivity index (χ0v) is 14.7. The fraction of sp³-hybridized carbons (Fsp3) is 0.923. The van der Waals surface area contributed by atoms with Crippen LogP contribution in [0.2, 0.25) is 0 Å². The van der Waals surface area contributed by atoms with Gasteiger partial charge in [-0.05, 0) is 32.9 Å². The molecule has 1 saturated carbocycles. The molecule has 1 aliphatic carbocycles. The van der Waals surface area contributed by atoms with Crippen molar-refractivity contribution >= 4 is 29.9 Å². The molecule has 0 radical (unpaired) electrons. The maximum atomic E-state index is 4.18. The van der Waals surface area contributed by atoms with Gasteiger partial charge < -0.3 is 15.5 Å². The Morgan fingerprint density at radius 3 is 2.56 bits per heavy atom. The molecule has 108 valence electrons. The number of nitrogens with one attached hydrogen (secondary N) is 2. The van der Waals surface area contributed by atoms with Gasteiger partial charge in [-0.2, -0.15) is 0 Å². The lowest BCUT2D eigenvalue weighted by atomic mass is 9.75. The van der Waals surface area contributed by atoms with Crippen molar-refractivity contribution in [2.75, 3.05) is 34.7 Å². The van der Waals surface area contributed by atoms with Gasteiger partial charge in [0.15, 0.2) is 5.96 Å². The van der Waals surface area contributed by atoms with Gasteiger partial charge in [0.1, 0.15) is 0 Å². The highest BCUT2D eigenvalue weighted by Gasteiger charge is 2.36. The van der Waals surface area contributed by atoms with Crippen molar-refractivity contribution in [3.05, 3.63) is 0 Å². The summed E-state index contributed by atoms with van der Waals surface area (Å²) in [5, 5.41) is 6.51. The normalized spacial score (nSPS) is 28.8. The van der Waals surface area contributed by atoms with Gasteiger partial charge in [-0.3, -0.25) is 4.99 Å². The van der Waals surface area contributed by atoms with Crippen molar-refractivity contribution in [2.24, 2.45) is 10.9 Å².